The highest BCUT2D eigenvalue weighted by atomic mass is 35.5. The van der Waals surface area contributed by atoms with E-state index in [0.29, 0.717) is 10.8 Å². The van der Waals surface area contributed by atoms with Crippen LogP contribution in [0.2, 0.25) is 5.15 Å². The van der Waals surface area contributed by atoms with E-state index in [9.17, 15) is 5.26 Å². The maximum atomic E-state index is 9.57. The summed E-state index contributed by atoms with van der Waals surface area (Å²) in [6.07, 6.45) is 0. The molecule has 0 bridgehead atoms. The molecule has 0 N–H and O–H groups in total. The molecule has 0 radical (unpaired) electrons. The Morgan fingerprint density at radius 2 is 1.81 bits per heavy atom. The van der Waals surface area contributed by atoms with Crippen LogP contribution in [0.25, 0.3) is 0 Å². The molecule has 6 heteroatoms. The molecule has 1 atom stereocenters. The van der Waals surface area contributed by atoms with Crippen molar-refractivity contribution < 1.29 is 0 Å². The number of imidazole rings is 1. The van der Waals surface area contributed by atoms with Crippen molar-refractivity contribution in [1.29, 1.82) is 5.26 Å². The van der Waals surface area contributed by atoms with Crippen molar-refractivity contribution in [1.82, 2.24) is 19.4 Å². The fourth-order valence-corrected chi connectivity index (χ4v) is 3.02. The summed E-state index contributed by atoms with van der Waals surface area (Å²) >= 11 is 6.32. The first-order valence-electron chi connectivity index (χ1n) is 7.33. The van der Waals surface area contributed by atoms with Crippen LogP contribution in [0.3, 0.4) is 0 Å². The van der Waals surface area contributed by atoms with Gasteiger partial charge in [-0.1, -0.05) is 11.6 Å². The van der Waals surface area contributed by atoms with Gasteiger partial charge in [0, 0.05) is 38.8 Å². The summed E-state index contributed by atoms with van der Waals surface area (Å²) in [5, 5.41) is 10.1. The fourth-order valence-electron chi connectivity index (χ4n) is 2.75. The average Bonchev–Trinajstić information content (AvgIpc) is 2.67. The molecule has 1 unspecified atom stereocenters. The topological polar surface area (TPSA) is 48.1 Å². The normalized spacial score (nSPS) is 19.5. The minimum Gasteiger partial charge on any atom is -0.322 e. The van der Waals surface area contributed by atoms with Crippen LogP contribution in [0, 0.1) is 18.3 Å². The lowest BCUT2D eigenvalue weighted by atomic mass is 10.0. The smallest absolute Gasteiger partial charge is 0.144 e. The highest BCUT2D eigenvalue weighted by Gasteiger charge is 2.32. The van der Waals surface area contributed by atoms with E-state index in [2.05, 4.69) is 41.6 Å². The Balaban J connectivity index is 2.14. The Morgan fingerprint density at radius 3 is 2.19 bits per heavy atom. The monoisotopic (exact) mass is 309 g/mol. The van der Waals surface area contributed by atoms with Crippen molar-refractivity contribution in [2.24, 2.45) is 7.05 Å². The van der Waals surface area contributed by atoms with Crippen LogP contribution in [0.5, 0.6) is 0 Å². The highest BCUT2D eigenvalue weighted by Crippen LogP contribution is 2.28. The Kier molecular flexibility index (Phi) is 4.62. The number of hydrogen-bond donors (Lipinski definition) is 0. The average molecular weight is 310 g/mol. The summed E-state index contributed by atoms with van der Waals surface area (Å²) in [5.74, 6) is 0.837. The van der Waals surface area contributed by atoms with Gasteiger partial charge in [0.2, 0.25) is 0 Å². The Morgan fingerprint density at radius 1 is 1.24 bits per heavy atom. The molecule has 0 spiro atoms. The van der Waals surface area contributed by atoms with Crippen LogP contribution in [-0.2, 0) is 7.05 Å². The van der Waals surface area contributed by atoms with Crippen molar-refractivity contribution in [2.45, 2.75) is 39.3 Å². The van der Waals surface area contributed by atoms with E-state index in [0.717, 1.165) is 32.0 Å². The van der Waals surface area contributed by atoms with Crippen LogP contribution in [0.15, 0.2) is 0 Å². The summed E-state index contributed by atoms with van der Waals surface area (Å²) in [6.45, 7) is 12.2. The van der Waals surface area contributed by atoms with Crippen LogP contribution in [0.4, 0.5) is 0 Å². The van der Waals surface area contributed by atoms with Crippen molar-refractivity contribution in [3.05, 3.63) is 16.7 Å². The number of aromatic nitrogens is 2. The van der Waals surface area contributed by atoms with Gasteiger partial charge >= 0.3 is 0 Å². The molecule has 2 rings (SSSR count). The number of nitriles is 1. The van der Waals surface area contributed by atoms with E-state index in [4.69, 9.17) is 11.6 Å². The molecule has 116 valence electrons. The molecular formula is C15H24ClN5. The van der Waals surface area contributed by atoms with Crippen molar-refractivity contribution in [3.8, 4) is 6.07 Å². The number of hydrogen-bond acceptors (Lipinski definition) is 4. The van der Waals surface area contributed by atoms with Crippen LogP contribution in [-0.4, -0.2) is 51.1 Å². The van der Waals surface area contributed by atoms with Crippen LogP contribution in [0.1, 0.15) is 38.3 Å². The van der Waals surface area contributed by atoms with Gasteiger partial charge in [0.05, 0.1) is 6.07 Å². The molecule has 1 saturated heterocycles. The molecule has 1 fully saturated rings. The van der Waals surface area contributed by atoms with Crippen molar-refractivity contribution in [2.75, 3.05) is 26.2 Å². The summed E-state index contributed by atoms with van der Waals surface area (Å²) in [4.78, 5) is 9.10. The molecular weight excluding hydrogens is 286 g/mol. The van der Waals surface area contributed by atoms with Gasteiger partial charge in [0.25, 0.3) is 0 Å². The van der Waals surface area contributed by atoms with Crippen LogP contribution < -0.4 is 0 Å². The minimum absolute atomic E-state index is 0.174. The van der Waals surface area contributed by atoms with E-state index in [1.54, 1.807) is 0 Å². The molecule has 1 aromatic heterocycles. The van der Waals surface area contributed by atoms with Gasteiger partial charge in [-0.2, -0.15) is 5.26 Å². The van der Waals surface area contributed by atoms with Gasteiger partial charge in [-0.25, -0.2) is 4.98 Å². The van der Waals surface area contributed by atoms with Gasteiger partial charge in [0.1, 0.15) is 22.7 Å². The van der Waals surface area contributed by atoms with Gasteiger partial charge < -0.3 is 4.57 Å². The van der Waals surface area contributed by atoms with Gasteiger partial charge in [-0.15, -0.1) is 0 Å². The number of nitrogens with zero attached hydrogens (tertiary/aromatic N) is 5. The third-order valence-corrected chi connectivity index (χ3v) is 4.73. The SMILES string of the molecule is Cc1nc(C(C#N)N2CCN(C(C)(C)C)CC2)c(Cl)n1C. The summed E-state index contributed by atoms with van der Waals surface area (Å²) in [6, 6.07) is 2.01. The second-order valence-electron chi connectivity index (χ2n) is 6.62. The molecule has 1 aromatic rings. The van der Waals surface area contributed by atoms with E-state index < -0.39 is 0 Å². The molecule has 0 aromatic carbocycles. The van der Waals surface area contributed by atoms with Gasteiger partial charge in [-0.05, 0) is 27.7 Å². The minimum atomic E-state index is -0.362. The molecule has 1 aliphatic rings. The molecule has 21 heavy (non-hydrogen) atoms. The first kappa shape index (κ1) is 16.3. The third kappa shape index (κ3) is 3.23. The molecule has 0 saturated carbocycles. The van der Waals surface area contributed by atoms with Crippen molar-refractivity contribution >= 4 is 11.6 Å². The zero-order chi connectivity index (χ0) is 15.8. The zero-order valence-corrected chi connectivity index (χ0v) is 14.3. The lowest BCUT2D eigenvalue weighted by Gasteiger charge is -2.43. The molecule has 1 aliphatic heterocycles. The first-order chi connectivity index (χ1) is 9.75. The van der Waals surface area contributed by atoms with Crippen LogP contribution >= 0.6 is 11.6 Å². The molecule has 0 amide bonds. The Hall–Kier alpha value is -1.09. The quantitative estimate of drug-likeness (QED) is 0.841. The first-order valence-corrected chi connectivity index (χ1v) is 7.71. The second kappa shape index (κ2) is 5.96. The van der Waals surface area contributed by atoms with Crippen molar-refractivity contribution in [3.63, 3.8) is 0 Å². The lowest BCUT2D eigenvalue weighted by molar-refractivity contribution is 0.0513. The second-order valence-corrected chi connectivity index (χ2v) is 6.98. The maximum Gasteiger partial charge on any atom is 0.144 e. The number of halogens is 1. The highest BCUT2D eigenvalue weighted by molar-refractivity contribution is 6.30. The third-order valence-electron chi connectivity index (χ3n) is 4.28. The predicted molar refractivity (Wildman–Crippen MR) is 84.2 cm³/mol. The number of piperazine rings is 1. The molecule has 2 heterocycles. The summed E-state index contributed by atoms with van der Waals surface area (Å²) in [7, 11) is 1.88. The van der Waals surface area contributed by atoms with E-state index in [1.165, 1.54) is 0 Å². The summed E-state index contributed by atoms with van der Waals surface area (Å²) < 4.78 is 1.83. The molecule has 0 aliphatic carbocycles. The predicted octanol–water partition coefficient (Wildman–Crippen LogP) is 2.36. The van der Waals surface area contributed by atoms with E-state index in [1.807, 2.05) is 18.5 Å². The van der Waals surface area contributed by atoms with E-state index in [-0.39, 0.29) is 11.6 Å². The summed E-state index contributed by atoms with van der Waals surface area (Å²) in [5.41, 5.74) is 0.858. The maximum absolute atomic E-state index is 9.57. The standard InChI is InChI=1S/C15H24ClN5/c1-11-18-13(14(16)19(11)5)12(10-17)20-6-8-21(9-7-20)15(2,3)4/h12H,6-9H2,1-5H3. The largest absolute Gasteiger partial charge is 0.322 e. The Bertz CT molecular complexity index is 544. The zero-order valence-electron chi connectivity index (χ0n) is 13.5. The lowest BCUT2D eigenvalue weighted by Crippen LogP contribution is -2.53. The van der Waals surface area contributed by atoms with Gasteiger partial charge in [0.15, 0.2) is 0 Å². The molecule has 5 nitrogen and oxygen atoms in total. The van der Waals surface area contributed by atoms with Gasteiger partial charge in [-0.3, -0.25) is 9.80 Å². The fraction of sp³-hybridized carbons (Fsp3) is 0.733. The number of aryl methyl sites for hydroxylation is 1. The number of rotatable bonds is 2. The van der Waals surface area contributed by atoms with E-state index >= 15 is 0 Å². The Labute approximate surface area is 132 Å².